The van der Waals surface area contributed by atoms with Crippen LogP contribution in [0.25, 0.3) is 0 Å². The maximum Gasteiger partial charge on any atom is 0.224 e. The molecule has 0 aliphatic carbocycles. The zero-order valence-corrected chi connectivity index (χ0v) is 14.1. The number of hydrogen-bond acceptors (Lipinski definition) is 3. The molecule has 0 bridgehead atoms. The number of halogens is 1. The number of hydrogen-bond donors (Lipinski definition) is 3. The highest BCUT2D eigenvalue weighted by Crippen LogP contribution is 2.20. The third-order valence-electron chi connectivity index (χ3n) is 3.46. The van der Waals surface area contributed by atoms with Gasteiger partial charge < -0.3 is 16.4 Å². The normalized spacial score (nSPS) is 11.2. The highest BCUT2D eigenvalue weighted by Gasteiger charge is 2.05. The third kappa shape index (κ3) is 6.30. The molecule has 0 aliphatic heterocycles. The van der Waals surface area contributed by atoms with E-state index >= 15 is 0 Å². The van der Waals surface area contributed by atoms with E-state index in [1.54, 1.807) is 0 Å². The monoisotopic (exact) mass is 333 g/mol. The molecule has 0 aromatic heterocycles. The summed E-state index contributed by atoms with van der Waals surface area (Å²) in [5.41, 5.74) is 8.46. The molecule has 1 unspecified atom stereocenters. The predicted molar refractivity (Wildman–Crippen MR) is 99.1 cm³/mol. The van der Waals surface area contributed by atoms with Crippen molar-refractivity contribution in [2.24, 2.45) is 5.73 Å². The van der Waals surface area contributed by atoms with Gasteiger partial charge in [-0.05, 0) is 49.7 Å². The van der Waals surface area contributed by atoms with Crippen LogP contribution in [-0.2, 0) is 4.79 Å². The molecule has 2 aromatic carbocycles. The van der Waals surface area contributed by atoms with Crippen molar-refractivity contribution in [2.45, 2.75) is 25.8 Å². The van der Waals surface area contributed by atoms with E-state index in [4.69, 9.17) is 5.73 Å². The molecule has 0 saturated carbocycles. The molecular formula is C18H24ClN3O. The van der Waals surface area contributed by atoms with Crippen molar-refractivity contribution in [2.75, 3.05) is 17.2 Å². The van der Waals surface area contributed by atoms with E-state index in [0.29, 0.717) is 19.4 Å². The van der Waals surface area contributed by atoms with Gasteiger partial charge in [0.25, 0.3) is 0 Å². The lowest BCUT2D eigenvalue weighted by molar-refractivity contribution is -0.116. The molecular weight excluding hydrogens is 310 g/mol. The number of nitrogens with one attached hydrogen (secondary N) is 2. The molecule has 1 amide bonds. The van der Waals surface area contributed by atoms with Gasteiger partial charge in [0.15, 0.2) is 0 Å². The Balaban J connectivity index is 0.00000264. The van der Waals surface area contributed by atoms with Gasteiger partial charge in [-0.3, -0.25) is 4.79 Å². The Hall–Kier alpha value is -2.04. The van der Waals surface area contributed by atoms with Crippen LogP contribution in [0.15, 0.2) is 54.6 Å². The van der Waals surface area contributed by atoms with Crippen LogP contribution in [0.4, 0.5) is 11.4 Å². The van der Waals surface area contributed by atoms with Gasteiger partial charge in [-0.25, -0.2) is 0 Å². The number of carbonyl (C=O) groups is 1. The standard InChI is InChI=1S/C18H23N3O.ClH/c1-14(15-6-3-2-4-7-15)20-16-9-11-17(12-10-16)21-18(22)8-5-13-19;/h2-4,6-7,9-12,14,20H,5,8,13,19H2,1H3,(H,21,22);1H. The summed E-state index contributed by atoms with van der Waals surface area (Å²) in [6, 6.07) is 18.3. The first kappa shape index (κ1) is 19.0. The lowest BCUT2D eigenvalue weighted by Crippen LogP contribution is -2.13. The summed E-state index contributed by atoms with van der Waals surface area (Å²) in [6.45, 7) is 2.66. The molecule has 23 heavy (non-hydrogen) atoms. The first-order chi connectivity index (χ1) is 10.7. The van der Waals surface area contributed by atoms with Gasteiger partial charge in [0.1, 0.15) is 0 Å². The van der Waals surface area contributed by atoms with Crippen LogP contribution in [0.2, 0.25) is 0 Å². The van der Waals surface area contributed by atoms with Crippen molar-refractivity contribution in [3.05, 3.63) is 60.2 Å². The van der Waals surface area contributed by atoms with Crippen molar-refractivity contribution < 1.29 is 4.79 Å². The zero-order chi connectivity index (χ0) is 15.8. The Morgan fingerprint density at radius 2 is 1.65 bits per heavy atom. The van der Waals surface area contributed by atoms with Crippen molar-refractivity contribution in [1.82, 2.24) is 0 Å². The Morgan fingerprint density at radius 3 is 2.26 bits per heavy atom. The SMILES string of the molecule is CC(Nc1ccc(NC(=O)CCCN)cc1)c1ccccc1.Cl. The summed E-state index contributed by atoms with van der Waals surface area (Å²) in [7, 11) is 0. The summed E-state index contributed by atoms with van der Waals surface area (Å²) in [6.07, 6.45) is 1.17. The average Bonchev–Trinajstić information content (AvgIpc) is 2.55. The molecule has 2 rings (SSSR count). The lowest BCUT2D eigenvalue weighted by Gasteiger charge is -2.16. The Bertz CT molecular complexity index is 587. The molecule has 124 valence electrons. The minimum Gasteiger partial charge on any atom is -0.379 e. The molecule has 1 atom stereocenters. The highest BCUT2D eigenvalue weighted by atomic mass is 35.5. The topological polar surface area (TPSA) is 67.1 Å². The minimum atomic E-state index is 0. The lowest BCUT2D eigenvalue weighted by atomic mass is 10.1. The summed E-state index contributed by atoms with van der Waals surface area (Å²) in [5, 5.41) is 6.31. The van der Waals surface area contributed by atoms with Crippen LogP contribution >= 0.6 is 12.4 Å². The van der Waals surface area contributed by atoms with Crippen molar-refractivity contribution >= 4 is 29.7 Å². The number of anilines is 2. The fourth-order valence-electron chi connectivity index (χ4n) is 2.21. The first-order valence-corrected chi connectivity index (χ1v) is 7.60. The molecule has 0 saturated heterocycles. The van der Waals surface area contributed by atoms with Crippen LogP contribution in [0.5, 0.6) is 0 Å². The minimum absolute atomic E-state index is 0. The van der Waals surface area contributed by atoms with E-state index < -0.39 is 0 Å². The molecule has 0 aliphatic rings. The molecule has 0 radical (unpaired) electrons. The largest absolute Gasteiger partial charge is 0.379 e. The van der Waals surface area contributed by atoms with Gasteiger partial charge in [-0.1, -0.05) is 30.3 Å². The highest BCUT2D eigenvalue weighted by molar-refractivity contribution is 5.90. The Kier molecular flexibility index (Phi) is 8.16. The van der Waals surface area contributed by atoms with Gasteiger partial charge in [-0.2, -0.15) is 0 Å². The number of carbonyl (C=O) groups excluding carboxylic acids is 1. The van der Waals surface area contributed by atoms with Crippen LogP contribution in [0.3, 0.4) is 0 Å². The predicted octanol–water partition coefficient (Wildman–Crippen LogP) is 3.96. The molecule has 0 fully saturated rings. The van der Waals surface area contributed by atoms with Crippen LogP contribution < -0.4 is 16.4 Å². The van der Waals surface area contributed by atoms with E-state index in [0.717, 1.165) is 11.4 Å². The maximum absolute atomic E-state index is 11.6. The fourth-order valence-corrected chi connectivity index (χ4v) is 2.21. The average molecular weight is 334 g/mol. The number of amides is 1. The van der Waals surface area contributed by atoms with Crippen LogP contribution in [-0.4, -0.2) is 12.5 Å². The van der Waals surface area contributed by atoms with Gasteiger partial charge in [-0.15, -0.1) is 12.4 Å². The molecule has 0 heterocycles. The second-order valence-electron chi connectivity index (χ2n) is 5.29. The molecule has 4 nitrogen and oxygen atoms in total. The van der Waals surface area contributed by atoms with E-state index in [-0.39, 0.29) is 24.4 Å². The third-order valence-corrected chi connectivity index (χ3v) is 3.46. The quantitative estimate of drug-likeness (QED) is 0.718. The van der Waals surface area contributed by atoms with Crippen molar-refractivity contribution in [3.63, 3.8) is 0 Å². The second-order valence-corrected chi connectivity index (χ2v) is 5.29. The van der Waals surface area contributed by atoms with Crippen LogP contribution in [0.1, 0.15) is 31.4 Å². The number of rotatable bonds is 7. The van der Waals surface area contributed by atoms with E-state index in [2.05, 4.69) is 29.7 Å². The van der Waals surface area contributed by atoms with Gasteiger partial charge >= 0.3 is 0 Å². The molecule has 0 spiro atoms. The maximum atomic E-state index is 11.6. The smallest absolute Gasteiger partial charge is 0.224 e. The van der Waals surface area contributed by atoms with Crippen molar-refractivity contribution in [3.8, 4) is 0 Å². The van der Waals surface area contributed by atoms with Gasteiger partial charge in [0, 0.05) is 23.8 Å². The summed E-state index contributed by atoms with van der Waals surface area (Å²) in [5.74, 6) is 0.00353. The summed E-state index contributed by atoms with van der Waals surface area (Å²) < 4.78 is 0. The fraction of sp³-hybridized carbons (Fsp3) is 0.278. The van der Waals surface area contributed by atoms with E-state index in [9.17, 15) is 4.79 Å². The van der Waals surface area contributed by atoms with Crippen LogP contribution in [0, 0.1) is 0 Å². The number of benzene rings is 2. The number of nitrogens with two attached hydrogens (primary N) is 1. The first-order valence-electron chi connectivity index (χ1n) is 7.60. The molecule has 5 heteroatoms. The van der Waals surface area contributed by atoms with E-state index in [1.807, 2.05) is 42.5 Å². The Morgan fingerprint density at radius 1 is 1.04 bits per heavy atom. The summed E-state index contributed by atoms with van der Waals surface area (Å²) >= 11 is 0. The summed E-state index contributed by atoms with van der Waals surface area (Å²) in [4.78, 5) is 11.6. The Labute approximate surface area is 143 Å². The molecule has 2 aromatic rings. The van der Waals surface area contributed by atoms with Gasteiger partial charge in [0.05, 0.1) is 0 Å². The second kappa shape index (κ2) is 9.87. The molecule has 4 N–H and O–H groups in total. The van der Waals surface area contributed by atoms with E-state index in [1.165, 1.54) is 5.56 Å². The van der Waals surface area contributed by atoms with Crippen molar-refractivity contribution in [1.29, 1.82) is 0 Å². The van der Waals surface area contributed by atoms with Gasteiger partial charge in [0.2, 0.25) is 5.91 Å². The zero-order valence-electron chi connectivity index (χ0n) is 13.3.